The Balaban J connectivity index is 3.19. The number of halogens is 3. The van der Waals surface area contributed by atoms with Crippen molar-refractivity contribution in [3.05, 3.63) is 23.3 Å². The summed E-state index contributed by atoms with van der Waals surface area (Å²) in [7, 11) is 0. The molecule has 0 radical (unpaired) electrons. The highest BCUT2D eigenvalue weighted by Crippen LogP contribution is 2.37. The fourth-order valence-electron chi connectivity index (χ4n) is 1.30. The van der Waals surface area contributed by atoms with Crippen LogP contribution in [0.2, 0.25) is 0 Å². The van der Waals surface area contributed by atoms with E-state index in [2.05, 4.69) is 5.16 Å². The number of alkyl halides is 1. The number of Topliss-reactive ketones (excluding diaryl/α,β-unsaturated/α-hetero) is 1. The summed E-state index contributed by atoms with van der Waals surface area (Å²) < 4.78 is 0. The van der Waals surface area contributed by atoms with Crippen LogP contribution in [0.3, 0.4) is 0 Å². The molecule has 0 spiro atoms. The Morgan fingerprint density at radius 3 is 2.73 bits per heavy atom. The molecule has 0 aromatic heterocycles. The Morgan fingerprint density at radius 2 is 2.27 bits per heavy atom. The van der Waals surface area contributed by atoms with Gasteiger partial charge in [0.15, 0.2) is 11.0 Å². The Labute approximate surface area is 102 Å². The minimum Gasteiger partial charge on any atom is -0.410 e. The summed E-state index contributed by atoms with van der Waals surface area (Å²) in [5.74, 6) is -1.02. The quantitative estimate of drug-likeness (QED) is 0.362. The van der Waals surface area contributed by atoms with E-state index < -0.39 is 10.8 Å². The monoisotopic (exact) mass is 267 g/mol. The molecule has 0 saturated carbocycles. The predicted octanol–water partition coefficient (Wildman–Crippen LogP) is 2.89. The molecule has 0 aromatic rings. The van der Waals surface area contributed by atoms with Crippen molar-refractivity contribution >= 4 is 45.8 Å². The Hall–Kier alpha value is -0.510. The second-order valence-corrected chi connectivity index (χ2v) is 4.56. The van der Waals surface area contributed by atoms with Gasteiger partial charge in [0.2, 0.25) is 0 Å². The zero-order valence-electron chi connectivity index (χ0n) is 7.75. The Bertz CT molecular complexity index is 376. The van der Waals surface area contributed by atoms with E-state index in [0.717, 1.165) is 0 Å². The van der Waals surface area contributed by atoms with Crippen molar-refractivity contribution in [1.29, 1.82) is 0 Å². The van der Waals surface area contributed by atoms with Gasteiger partial charge in [0.1, 0.15) is 4.87 Å². The van der Waals surface area contributed by atoms with E-state index in [1.807, 2.05) is 0 Å². The smallest absolute Gasteiger partial charge is 0.155 e. The van der Waals surface area contributed by atoms with Crippen LogP contribution in [0.25, 0.3) is 0 Å². The molecule has 0 fully saturated rings. The van der Waals surface area contributed by atoms with E-state index in [1.54, 1.807) is 6.08 Å². The van der Waals surface area contributed by atoms with Crippen molar-refractivity contribution in [1.82, 2.24) is 0 Å². The van der Waals surface area contributed by atoms with Crippen LogP contribution >= 0.6 is 34.8 Å². The van der Waals surface area contributed by atoms with Crippen LogP contribution in [0.5, 0.6) is 0 Å². The summed E-state index contributed by atoms with van der Waals surface area (Å²) in [6, 6.07) is 0. The third-order valence-corrected chi connectivity index (χ3v) is 3.30. The number of oxime groups is 1. The normalized spacial score (nSPS) is 31.3. The maximum absolute atomic E-state index is 11.4. The van der Waals surface area contributed by atoms with Crippen LogP contribution in [-0.4, -0.2) is 21.0 Å². The van der Waals surface area contributed by atoms with Gasteiger partial charge < -0.3 is 5.21 Å². The van der Waals surface area contributed by atoms with E-state index in [0.29, 0.717) is 5.03 Å². The first-order valence-electron chi connectivity index (χ1n) is 4.05. The molecule has 0 amide bonds. The molecule has 2 unspecified atom stereocenters. The molecule has 0 heterocycles. The lowest BCUT2D eigenvalue weighted by atomic mass is 9.85. The molecule has 0 saturated heterocycles. The molecule has 1 aliphatic carbocycles. The van der Waals surface area contributed by atoms with Crippen LogP contribution in [0, 0.1) is 5.92 Å². The Morgan fingerprint density at radius 1 is 1.67 bits per heavy atom. The van der Waals surface area contributed by atoms with Gasteiger partial charge in [0.25, 0.3) is 0 Å². The van der Waals surface area contributed by atoms with Crippen molar-refractivity contribution in [2.24, 2.45) is 11.1 Å². The fraction of sp³-hybridized carbons (Fsp3) is 0.333. The molecule has 3 nitrogen and oxygen atoms in total. The molecule has 1 aliphatic rings. The zero-order valence-corrected chi connectivity index (χ0v) is 10.0. The van der Waals surface area contributed by atoms with Crippen molar-refractivity contribution in [2.45, 2.75) is 11.8 Å². The van der Waals surface area contributed by atoms with Gasteiger partial charge in [0.05, 0.1) is 5.92 Å². The number of allylic oxidation sites excluding steroid dienone is 4. The zero-order chi connectivity index (χ0) is 11.6. The molecular weight excluding hydrogens is 260 g/mol. The number of hydrogen-bond donors (Lipinski definition) is 1. The van der Waals surface area contributed by atoms with Gasteiger partial charge in [-0.3, -0.25) is 4.79 Å². The lowest BCUT2D eigenvalue weighted by molar-refractivity contribution is -0.118. The van der Waals surface area contributed by atoms with Crippen LogP contribution in [0.4, 0.5) is 0 Å². The fourth-order valence-corrected chi connectivity index (χ4v) is 2.20. The summed E-state index contributed by atoms with van der Waals surface area (Å²) in [5, 5.41) is 11.6. The summed E-state index contributed by atoms with van der Waals surface area (Å²) in [5.41, 5.74) is 0. The van der Waals surface area contributed by atoms with Crippen molar-refractivity contribution in [3.8, 4) is 0 Å². The van der Waals surface area contributed by atoms with Gasteiger partial charge in [-0.1, -0.05) is 34.4 Å². The third-order valence-electron chi connectivity index (χ3n) is 2.14. The standard InChI is InChI=1S/C9H8Cl3NO2/c1-5(14)9(12)4-6(10)2-3-7(9)8(11)13-15/h2-4,7,15H,1H3. The molecule has 1 N–H and O–H groups in total. The third kappa shape index (κ3) is 2.36. The van der Waals surface area contributed by atoms with E-state index in [4.69, 9.17) is 40.0 Å². The van der Waals surface area contributed by atoms with Gasteiger partial charge in [-0.05, 0) is 19.1 Å². The molecule has 1 rings (SSSR count). The van der Waals surface area contributed by atoms with E-state index in [-0.39, 0.29) is 11.0 Å². The summed E-state index contributed by atoms with van der Waals surface area (Å²) in [6.45, 7) is 1.32. The lowest BCUT2D eigenvalue weighted by Gasteiger charge is -2.29. The minimum absolute atomic E-state index is 0.156. The van der Waals surface area contributed by atoms with Gasteiger partial charge in [-0.2, -0.15) is 0 Å². The average Bonchev–Trinajstić information content (AvgIpc) is 2.16. The predicted molar refractivity (Wildman–Crippen MR) is 60.9 cm³/mol. The van der Waals surface area contributed by atoms with Gasteiger partial charge >= 0.3 is 0 Å². The van der Waals surface area contributed by atoms with Crippen LogP contribution in [-0.2, 0) is 4.79 Å². The summed E-state index contributed by atoms with van der Waals surface area (Å²) >= 11 is 17.5. The van der Waals surface area contributed by atoms with Crippen molar-refractivity contribution in [2.75, 3.05) is 0 Å². The number of ketones is 1. The van der Waals surface area contributed by atoms with E-state index >= 15 is 0 Å². The van der Waals surface area contributed by atoms with Gasteiger partial charge in [-0.25, -0.2) is 0 Å². The molecule has 82 valence electrons. The molecular formula is C9H8Cl3NO2. The van der Waals surface area contributed by atoms with E-state index in [9.17, 15) is 4.79 Å². The van der Waals surface area contributed by atoms with Crippen LogP contribution in [0.1, 0.15) is 6.92 Å². The molecule has 0 aliphatic heterocycles. The highest BCUT2D eigenvalue weighted by atomic mass is 35.5. The first-order valence-corrected chi connectivity index (χ1v) is 5.19. The molecule has 0 aromatic carbocycles. The first-order chi connectivity index (χ1) is 6.91. The maximum atomic E-state index is 11.4. The second-order valence-electron chi connectivity index (χ2n) is 3.11. The topological polar surface area (TPSA) is 49.7 Å². The van der Waals surface area contributed by atoms with Gasteiger partial charge in [0, 0.05) is 5.03 Å². The average molecular weight is 269 g/mol. The molecule has 2 atom stereocenters. The largest absolute Gasteiger partial charge is 0.410 e. The van der Waals surface area contributed by atoms with Crippen LogP contribution < -0.4 is 0 Å². The number of rotatable bonds is 2. The molecule has 6 heteroatoms. The molecule has 15 heavy (non-hydrogen) atoms. The van der Waals surface area contributed by atoms with Crippen LogP contribution in [0.15, 0.2) is 28.4 Å². The minimum atomic E-state index is -1.38. The highest BCUT2D eigenvalue weighted by molar-refractivity contribution is 6.67. The Kier molecular flexibility index (Phi) is 3.82. The SMILES string of the molecule is CC(=O)C1(Cl)C=C(Cl)C=CC1C(Cl)=NO. The highest BCUT2D eigenvalue weighted by Gasteiger charge is 2.43. The lowest BCUT2D eigenvalue weighted by Crippen LogP contribution is -2.40. The number of carbonyl (C=O) groups is 1. The summed E-state index contributed by atoms with van der Waals surface area (Å²) in [4.78, 5) is 10.1. The number of hydrogen-bond acceptors (Lipinski definition) is 3. The van der Waals surface area contributed by atoms with Gasteiger partial charge in [-0.15, -0.1) is 11.6 Å². The molecule has 0 bridgehead atoms. The summed E-state index contributed by atoms with van der Waals surface area (Å²) in [6.07, 6.45) is 4.46. The first kappa shape index (κ1) is 12.6. The van der Waals surface area contributed by atoms with E-state index in [1.165, 1.54) is 19.1 Å². The number of carbonyl (C=O) groups excluding carboxylic acids is 1. The van der Waals surface area contributed by atoms with Crippen molar-refractivity contribution < 1.29 is 10.0 Å². The second kappa shape index (κ2) is 4.56. The number of nitrogens with zero attached hydrogens (tertiary/aromatic N) is 1. The maximum Gasteiger partial charge on any atom is 0.155 e. The van der Waals surface area contributed by atoms with Crippen molar-refractivity contribution in [3.63, 3.8) is 0 Å².